The number of para-hydroxylation sites is 1. The van der Waals surface area contributed by atoms with E-state index < -0.39 is 0 Å². The number of anilines is 1. The predicted molar refractivity (Wildman–Crippen MR) is 141 cm³/mol. The van der Waals surface area contributed by atoms with Crippen LogP contribution in [0.4, 0.5) is 5.69 Å². The van der Waals surface area contributed by atoms with Gasteiger partial charge in [-0.1, -0.05) is 67.6 Å². The number of fused-ring (bicyclic) bond motifs is 1. The van der Waals surface area contributed by atoms with E-state index in [0.29, 0.717) is 11.4 Å². The van der Waals surface area contributed by atoms with Crippen LogP contribution in [0.25, 0.3) is 6.08 Å². The van der Waals surface area contributed by atoms with Crippen molar-refractivity contribution in [1.82, 2.24) is 10.2 Å². The Labute approximate surface area is 207 Å². The van der Waals surface area contributed by atoms with E-state index in [1.165, 1.54) is 23.7 Å². The molecule has 0 saturated carbocycles. The third-order valence-electron chi connectivity index (χ3n) is 6.43. The molecular weight excluding hydrogens is 442 g/mol. The summed E-state index contributed by atoms with van der Waals surface area (Å²) < 4.78 is 0. The molecule has 5 nitrogen and oxygen atoms in total. The molecule has 34 heavy (non-hydrogen) atoms. The smallest absolute Gasteiger partial charge is 0.265 e. The molecule has 0 unspecified atom stereocenters. The third kappa shape index (κ3) is 6.30. The number of thioether (sulfide) groups is 1. The molecule has 1 fully saturated rings. The molecule has 2 atom stereocenters. The van der Waals surface area contributed by atoms with Gasteiger partial charge in [-0.3, -0.25) is 14.5 Å². The fourth-order valence-electron chi connectivity index (χ4n) is 4.94. The van der Waals surface area contributed by atoms with Crippen LogP contribution in [0, 0.1) is 18.8 Å². The molecule has 2 amide bonds. The monoisotopic (exact) mass is 477 g/mol. The summed E-state index contributed by atoms with van der Waals surface area (Å²) >= 11 is 1.47. The first-order chi connectivity index (χ1) is 16.4. The number of hydrogen-bond donors (Lipinski definition) is 1. The van der Waals surface area contributed by atoms with Crippen molar-refractivity contribution in [1.29, 1.82) is 0 Å². The highest BCUT2D eigenvalue weighted by Crippen LogP contribution is 2.41. The highest BCUT2D eigenvalue weighted by molar-refractivity contribution is 8.04. The Balaban J connectivity index is 1.37. The highest BCUT2D eigenvalue weighted by Gasteiger charge is 2.30. The normalized spacial score (nSPS) is 22.0. The largest absolute Gasteiger partial charge is 0.355 e. The predicted octanol–water partition coefficient (Wildman–Crippen LogP) is 4.96. The molecule has 2 aromatic rings. The molecule has 1 saturated heterocycles. The van der Waals surface area contributed by atoms with Crippen molar-refractivity contribution < 1.29 is 9.59 Å². The minimum absolute atomic E-state index is 0.0272. The molecule has 0 aromatic heterocycles. The molecule has 6 heteroatoms. The number of likely N-dealkylation sites (tertiary alicyclic amines) is 1. The molecule has 0 bridgehead atoms. The quantitative estimate of drug-likeness (QED) is 0.452. The summed E-state index contributed by atoms with van der Waals surface area (Å²) in [5, 5.41) is 3.03. The minimum atomic E-state index is -0.129. The summed E-state index contributed by atoms with van der Waals surface area (Å²) in [5.41, 5.74) is 2.95. The second-order valence-corrected chi connectivity index (χ2v) is 10.9. The van der Waals surface area contributed by atoms with Crippen LogP contribution < -0.4 is 10.2 Å². The van der Waals surface area contributed by atoms with E-state index in [1.807, 2.05) is 61.5 Å². The molecular formula is C28H35N3O2S. The molecule has 2 heterocycles. The Kier molecular flexibility index (Phi) is 8.11. The number of hydrogen-bond acceptors (Lipinski definition) is 4. The summed E-state index contributed by atoms with van der Waals surface area (Å²) in [7, 11) is 0. The maximum atomic E-state index is 13.3. The topological polar surface area (TPSA) is 52.7 Å². The van der Waals surface area contributed by atoms with Crippen molar-refractivity contribution >= 4 is 35.3 Å². The number of carbonyl (C=O) groups is 2. The Morgan fingerprint density at radius 1 is 1.09 bits per heavy atom. The average Bonchev–Trinajstić information content (AvgIpc) is 2.80. The molecule has 0 radical (unpaired) electrons. The number of rotatable bonds is 7. The molecule has 0 spiro atoms. The lowest BCUT2D eigenvalue weighted by molar-refractivity contribution is -0.122. The number of nitrogens with zero attached hydrogens (tertiary/aromatic N) is 2. The number of aryl methyl sites for hydroxylation is 1. The first-order valence-corrected chi connectivity index (χ1v) is 13.1. The Hall–Kier alpha value is -2.57. The lowest BCUT2D eigenvalue weighted by atomic mass is 9.92. The zero-order valence-corrected chi connectivity index (χ0v) is 21.2. The van der Waals surface area contributed by atoms with Gasteiger partial charge in [0.25, 0.3) is 5.91 Å². The number of piperidine rings is 1. The van der Waals surface area contributed by atoms with Crippen molar-refractivity contribution in [2.75, 3.05) is 37.6 Å². The van der Waals surface area contributed by atoms with Crippen molar-refractivity contribution in [2.45, 2.75) is 38.5 Å². The second-order valence-electron chi connectivity index (χ2n) is 9.79. The van der Waals surface area contributed by atoms with Gasteiger partial charge in [0.15, 0.2) is 0 Å². The maximum Gasteiger partial charge on any atom is 0.265 e. The van der Waals surface area contributed by atoms with Crippen LogP contribution in [0.15, 0.2) is 58.3 Å². The van der Waals surface area contributed by atoms with E-state index in [9.17, 15) is 9.59 Å². The number of benzene rings is 2. The minimum Gasteiger partial charge on any atom is -0.355 e. The molecule has 4 rings (SSSR count). The van der Waals surface area contributed by atoms with Crippen molar-refractivity contribution in [3.63, 3.8) is 0 Å². The molecule has 2 aliphatic heterocycles. The number of nitrogens with one attached hydrogen (secondary N) is 1. The lowest BCUT2D eigenvalue weighted by Gasteiger charge is -2.35. The lowest BCUT2D eigenvalue weighted by Crippen LogP contribution is -2.43. The molecule has 180 valence electrons. The van der Waals surface area contributed by atoms with Gasteiger partial charge in [-0.25, -0.2) is 0 Å². The maximum absolute atomic E-state index is 13.3. The van der Waals surface area contributed by atoms with Crippen LogP contribution in [-0.2, 0) is 9.59 Å². The summed E-state index contributed by atoms with van der Waals surface area (Å²) in [4.78, 5) is 31.9. The highest BCUT2D eigenvalue weighted by atomic mass is 32.2. The summed E-state index contributed by atoms with van der Waals surface area (Å²) in [6, 6.07) is 15.9. The van der Waals surface area contributed by atoms with Gasteiger partial charge in [0, 0.05) is 24.5 Å². The van der Waals surface area contributed by atoms with Gasteiger partial charge in [-0.2, -0.15) is 0 Å². The van der Waals surface area contributed by atoms with E-state index in [0.717, 1.165) is 54.0 Å². The van der Waals surface area contributed by atoms with Crippen LogP contribution >= 0.6 is 11.8 Å². The Morgan fingerprint density at radius 2 is 1.79 bits per heavy atom. The first-order valence-electron chi connectivity index (χ1n) is 12.2. The van der Waals surface area contributed by atoms with E-state index in [2.05, 4.69) is 24.1 Å². The van der Waals surface area contributed by atoms with Crippen molar-refractivity contribution in [3.05, 3.63) is 64.6 Å². The van der Waals surface area contributed by atoms with E-state index in [4.69, 9.17) is 0 Å². The second kappa shape index (κ2) is 11.2. The zero-order chi connectivity index (χ0) is 24.1. The van der Waals surface area contributed by atoms with Crippen LogP contribution in [0.5, 0.6) is 0 Å². The summed E-state index contributed by atoms with van der Waals surface area (Å²) in [5.74, 6) is 1.23. The standard InChI is InChI=1S/C28H35N3O2S/c1-20-9-11-23(12-10-20)16-26-28(33)31(24-7-4-5-8-25(24)34-26)19-27(32)29-13-6-14-30-17-21(2)15-22(3)18-30/h4-5,7-12,16,21-22H,6,13-15,17-19H2,1-3H3,(H,29,32)/b26-16+/t21-,22+. The van der Waals surface area contributed by atoms with E-state index in [-0.39, 0.29) is 18.4 Å². The van der Waals surface area contributed by atoms with Gasteiger partial charge < -0.3 is 10.2 Å². The van der Waals surface area contributed by atoms with Gasteiger partial charge in [0.1, 0.15) is 6.54 Å². The molecule has 1 N–H and O–H groups in total. The van der Waals surface area contributed by atoms with Crippen LogP contribution in [0.3, 0.4) is 0 Å². The van der Waals surface area contributed by atoms with Crippen molar-refractivity contribution in [2.24, 2.45) is 11.8 Å². The van der Waals surface area contributed by atoms with E-state index >= 15 is 0 Å². The Morgan fingerprint density at radius 3 is 2.53 bits per heavy atom. The fourth-order valence-corrected chi connectivity index (χ4v) is 6.00. The van der Waals surface area contributed by atoms with Gasteiger partial charge >= 0.3 is 0 Å². The zero-order valence-electron chi connectivity index (χ0n) is 20.4. The SMILES string of the molecule is Cc1ccc(/C=C2/Sc3ccccc3N(CC(=O)NCCCN3C[C@H](C)C[C@H](C)C3)C2=O)cc1. The first kappa shape index (κ1) is 24.6. The van der Waals surface area contributed by atoms with Crippen LogP contribution in [-0.4, -0.2) is 49.4 Å². The van der Waals surface area contributed by atoms with Crippen molar-refractivity contribution in [3.8, 4) is 0 Å². The molecule has 2 aromatic carbocycles. The average molecular weight is 478 g/mol. The molecule has 0 aliphatic carbocycles. The summed E-state index contributed by atoms with van der Waals surface area (Å²) in [6.07, 6.45) is 4.13. The van der Waals surface area contributed by atoms with Crippen LogP contribution in [0.1, 0.15) is 37.8 Å². The number of amides is 2. The summed E-state index contributed by atoms with van der Waals surface area (Å²) in [6.45, 7) is 10.6. The van der Waals surface area contributed by atoms with E-state index in [1.54, 1.807) is 4.90 Å². The van der Waals surface area contributed by atoms with Crippen LogP contribution in [0.2, 0.25) is 0 Å². The van der Waals surface area contributed by atoms with Gasteiger partial charge in [-0.05, 0) is 61.9 Å². The number of carbonyl (C=O) groups excluding carboxylic acids is 2. The Bertz CT molecular complexity index is 1040. The fraction of sp³-hybridized carbons (Fsp3) is 0.429. The molecule has 2 aliphatic rings. The van der Waals surface area contributed by atoms with Gasteiger partial charge in [0.05, 0.1) is 10.6 Å². The third-order valence-corrected chi connectivity index (χ3v) is 7.50. The van der Waals surface area contributed by atoms with Gasteiger partial charge in [-0.15, -0.1) is 0 Å². The van der Waals surface area contributed by atoms with Gasteiger partial charge in [0.2, 0.25) is 5.91 Å².